The van der Waals surface area contributed by atoms with Crippen LogP contribution in [0.15, 0.2) is 89.0 Å². The summed E-state index contributed by atoms with van der Waals surface area (Å²) in [5, 5.41) is 37.1. The Balaban J connectivity index is 0.865. The molecular formula is C50H45Cl2F5N10O10. The summed E-state index contributed by atoms with van der Waals surface area (Å²) in [5.74, 6) is -5.02. The number of aliphatic hydroxyl groups excluding tert-OH is 2. The molecule has 2 saturated heterocycles. The van der Waals surface area contributed by atoms with Gasteiger partial charge in [-0.25, -0.2) is 23.4 Å². The summed E-state index contributed by atoms with van der Waals surface area (Å²) in [6.07, 6.45) is -9.82. The molecule has 1 aliphatic carbocycles. The van der Waals surface area contributed by atoms with Crippen molar-refractivity contribution in [3.05, 3.63) is 123 Å². The van der Waals surface area contributed by atoms with Crippen molar-refractivity contribution in [2.24, 2.45) is 15.7 Å². The van der Waals surface area contributed by atoms with Gasteiger partial charge in [0, 0.05) is 59.2 Å². The van der Waals surface area contributed by atoms with Crippen molar-refractivity contribution in [1.82, 2.24) is 30.5 Å². The lowest BCUT2D eigenvalue weighted by molar-refractivity contribution is -0.200. The number of rotatable bonds is 14. The number of piperidine rings is 1. The van der Waals surface area contributed by atoms with E-state index in [9.17, 15) is 56.1 Å². The number of aromatic nitrogens is 3. The number of aliphatic imine (C=N–C) groups is 2. The van der Waals surface area contributed by atoms with Gasteiger partial charge in [-0.15, -0.1) is 5.10 Å². The molecule has 1 aromatic heterocycles. The predicted molar refractivity (Wildman–Crippen MR) is 264 cm³/mol. The van der Waals surface area contributed by atoms with Gasteiger partial charge in [-0.1, -0.05) is 28.4 Å². The number of amides is 5. The van der Waals surface area contributed by atoms with E-state index in [0.717, 1.165) is 35.1 Å². The molecule has 7 N–H and O–H groups in total. The molecule has 0 spiro atoms. The topological polar surface area (TPSA) is 274 Å². The number of carbonyl (C=O) groups is 5. The number of nitrogens with one attached hydrogen (secondary N) is 3. The van der Waals surface area contributed by atoms with Crippen LogP contribution in [0, 0.1) is 11.6 Å². The number of aliphatic hydroxyl groups is 2. The van der Waals surface area contributed by atoms with Crippen LogP contribution in [0.25, 0.3) is 11.3 Å². The standard InChI is InChI=1S/C50H45Cl2F5N10O10/c1-22(58)59-46(62-35-15-26(51)4-9-32(35)50(55,56)57)45-44(42(43(71)38(20-68)77-45)67-19-36(64-65-67)24-13-33(53)41(52)34(54)14-24)75-21-40(70)60-28-16-30(17-28)76-29-6-2-23(3-7-29)47(72)61-27-5-8-31-25(12-27)18-66(49(31)74)37-10-11-39(69)63-48(37)73/h2-9,12-15,19,28,30,37-38,42-45,68,71H,10-11,16-18,20-21H2,1H3,(H,60,70)(H,61,72)(H2,58,59,62)(H,63,69,73)/t28?,30?,37?,38-,42+,43+,44-,45-/m1/s1. The van der Waals surface area contributed by atoms with E-state index in [0.29, 0.717) is 47.0 Å². The number of carbonyl (C=O) groups excluding carboxylic acids is 5. The van der Waals surface area contributed by atoms with E-state index in [1.165, 1.54) is 11.8 Å². The first-order valence-electron chi connectivity index (χ1n) is 23.7. The Morgan fingerprint density at radius 1 is 1.01 bits per heavy atom. The van der Waals surface area contributed by atoms with Crippen LogP contribution in [-0.4, -0.2) is 127 Å². The second-order valence-corrected chi connectivity index (χ2v) is 19.3. The van der Waals surface area contributed by atoms with Crippen LogP contribution >= 0.6 is 23.2 Å². The third-order valence-electron chi connectivity index (χ3n) is 13.1. The van der Waals surface area contributed by atoms with Crippen molar-refractivity contribution in [2.45, 2.75) is 94.0 Å². The SMILES string of the molecule is CC(N)=NC(=Nc1cc(Cl)ccc1C(F)(F)F)[C@@H]1O[C@H](CO)[C@H](O)[C@H](n2cc(-c3cc(F)c(Cl)c(F)c3)nn2)[C@H]1OCC(=O)NC1CC(Oc2ccc(C(=O)Nc3ccc4c(c3)CN(C3CCC(=O)NC3=O)C4=O)cc2)C1. The summed E-state index contributed by atoms with van der Waals surface area (Å²) in [5.41, 5.74) is 5.46. The lowest BCUT2D eigenvalue weighted by Gasteiger charge is -2.43. The minimum Gasteiger partial charge on any atom is -0.490 e. The zero-order valence-electron chi connectivity index (χ0n) is 40.1. The predicted octanol–water partition coefficient (Wildman–Crippen LogP) is 5.44. The highest BCUT2D eigenvalue weighted by molar-refractivity contribution is 6.31. The van der Waals surface area contributed by atoms with Gasteiger partial charge in [-0.3, -0.25) is 29.3 Å². The van der Waals surface area contributed by atoms with E-state index in [1.807, 2.05) is 0 Å². The van der Waals surface area contributed by atoms with E-state index in [-0.39, 0.29) is 53.5 Å². The van der Waals surface area contributed by atoms with Gasteiger partial charge < -0.3 is 45.7 Å². The molecule has 27 heteroatoms. The number of alkyl halides is 3. The molecule has 4 heterocycles. The molecule has 9 rings (SSSR count). The van der Waals surface area contributed by atoms with E-state index in [2.05, 4.69) is 36.2 Å². The van der Waals surface area contributed by atoms with Gasteiger partial charge in [0.1, 0.15) is 77.3 Å². The fourth-order valence-corrected chi connectivity index (χ4v) is 9.57. The molecule has 3 fully saturated rings. The monoisotopic (exact) mass is 1110 g/mol. The maximum atomic E-state index is 14.5. The van der Waals surface area contributed by atoms with Crippen molar-refractivity contribution in [1.29, 1.82) is 0 Å². The quantitative estimate of drug-likeness (QED) is 0.0266. The normalized spacial score (nSPS) is 23.8. The number of nitrogens with two attached hydrogens (primary N) is 1. The number of benzene rings is 4. The van der Waals surface area contributed by atoms with Gasteiger partial charge in [-0.2, -0.15) is 13.2 Å². The number of ether oxygens (including phenoxy) is 3. The minimum absolute atomic E-state index is 0.118. The maximum Gasteiger partial charge on any atom is 0.418 e. The summed E-state index contributed by atoms with van der Waals surface area (Å²) < 4.78 is 91.2. The number of halogens is 7. The number of imide groups is 1. The first-order chi connectivity index (χ1) is 36.6. The maximum absolute atomic E-state index is 14.5. The van der Waals surface area contributed by atoms with Crippen LogP contribution in [0.1, 0.15) is 70.5 Å². The van der Waals surface area contributed by atoms with E-state index in [1.54, 1.807) is 42.5 Å². The third-order valence-corrected chi connectivity index (χ3v) is 13.7. The Labute approximate surface area is 443 Å². The molecule has 5 aromatic rings. The number of nitrogens with zero attached hydrogens (tertiary/aromatic N) is 6. The summed E-state index contributed by atoms with van der Waals surface area (Å²) in [7, 11) is 0. The number of hydrogen-bond donors (Lipinski definition) is 6. The molecule has 77 heavy (non-hydrogen) atoms. The van der Waals surface area contributed by atoms with Gasteiger partial charge in [-0.05, 0) is 91.7 Å². The first-order valence-corrected chi connectivity index (χ1v) is 24.4. The van der Waals surface area contributed by atoms with Crippen LogP contribution in [0.4, 0.5) is 33.3 Å². The molecule has 0 bridgehead atoms. The number of hydrogen-bond acceptors (Lipinski definition) is 13. The van der Waals surface area contributed by atoms with E-state index >= 15 is 0 Å². The lowest BCUT2D eigenvalue weighted by atomic mass is 9.89. The second-order valence-electron chi connectivity index (χ2n) is 18.5. The Morgan fingerprint density at radius 3 is 2.42 bits per heavy atom. The average Bonchev–Trinajstić information content (AvgIpc) is 4.00. The summed E-state index contributed by atoms with van der Waals surface area (Å²) in [4.78, 5) is 73.7. The zero-order chi connectivity index (χ0) is 55.0. The van der Waals surface area contributed by atoms with E-state index in [4.69, 9.17) is 43.1 Å². The summed E-state index contributed by atoms with van der Waals surface area (Å²) in [6.45, 7) is -0.230. The Kier molecular flexibility index (Phi) is 15.7. The summed E-state index contributed by atoms with van der Waals surface area (Å²) in [6, 6.07) is 12.7. The Bertz CT molecular complexity index is 3190. The second kappa shape index (κ2) is 22.3. The number of amidine groups is 2. The fourth-order valence-electron chi connectivity index (χ4n) is 9.30. The number of anilines is 1. The molecule has 0 radical (unpaired) electrons. The highest BCUT2D eigenvalue weighted by Gasteiger charge is 2.50. The Morgan fingerprint density at radius 2 is 1.74 bits per heavy atom. The Hall–Kier alpha value is -7.42. The number of fused-ring (bicyclic) bond motifs is 1. The molecule has 4 aliphatic rings. The van der Waals surface area contributed by atoms with Crippen LogP contribution in [-0.2, 0) is 36.6 Å². The van der Waals surface area contributed by atoms with E-state index < -0.39 is 119 Å². The molecule has 1 saturated carbocycles. The molecule has 1 unspecified atom stereocenters. The van der Waals surface area contributed by atoms with Crippen molar-refractivity contribution in [3.8, 4) is 17.0 Å². The van der Waals surface area contributed by atoms with Gasteiger partial charge in [0.05, 0.1) is 29.9 Å². The fraction of sp³-hybridized carbons (Fsp3) is 0.340. The van der Waals surface area contributed by atoms with Crippen molar-refractivity contribution < 1.29 is 70.3 Å². The van der Waals surface area contributed by atoms with Crippen molar-refractivity contribution >= 4 is 75.8 Å². The average molecular weight is 1110 g/mol. The highest BCUT2D eigenvalue weighted by Crippen LogP contribution is 2.40. The molecule has 404 valence electrons. The molecule has 4 aromatic carbocycles. The van der Waals surface area contributed by atoms with Gasteiger partial charge >= 0.3 is 6.18 Å². The van der Waals surface area contributed by atoms with Crippen molar-refractivity contribution in [2.75, 3.05) is 18.5 Å². The summed E-state index contributed by atoms with van der Waals surface area (Å²) >= 11 is 11.8. The molecule has 20 nitrogen and oxygen atoms in total. The van der Waals surface area contributed by atoms with Crippen LogP contribution in [0.2, 0.25) is 10.0 Å². The molecule has 3 aliphatic heterocycles. The lowest BCUT2D eigenvalue weighted by Crippen LogP contribution is -2.59. The van der Waals surface area contributed by atoms with Gasteiger partial charge in [0.2, 0.25) is 17.7 Å². The third kappa shape index (κ3) is 11.9. The van der Waals surface area contributed by atoms with Crippen molar-refractivity contribution in [3.63, 3.8) is 0 Å². The molecule has 5 amide bonds. The first kappa shape index (κ1) is 54.4. The smallest absolute Gasteiger partial charge is 0.418 e. The minimum atomic E-state index is -4.94. The molecule has 6 atom stereocenters. The van der Waals surface area contributed by atoms with Gasteiger partial charge in [0.15, 0.2) is 5.84 Å². The van der Waals surface area contributed by atoms with Crippen LogP contribution in [0.5, 0.6) is 5.75 Å². The molecular weight excluding hydrogens is 1070 g/mol. The van der Waals surface area contributed by atoms with Crippen LogP contribution in [0.3, 0.4) is 0 Å². The zero-order valence-corrected chi connectivity index (χ0v) is 41.7. The van der Waals surface area contributed by atoms with Crippen LogP contribution < -0.4 is 26.4 Å². The largest absolute Gasteiger partial charge is 0.490 e. The van der Waals surface area contributed by atoms with Gasteiger partial charge in [0.25, 0.3) is 11.8 Å². The highest BCUT2D eigenvalue weighted by atomic mass is 35.5.